The van der Waals surface area contributed by atoms with Crippen LogP contribution in [-0.2, 0) is 0 Å². The average molecular weight is 361 g/mol. The zero-order valence-electron chi connectivity index (χ0n) is 10.8. The zero-order valence-corrected chi connectivity index (χ0v) is 13.3. The van der Waals surface area contributed by atoms with Crippen LogP contribution in [-0.4, -0.2) is 0 Å². The van der Waals surface area contributed by atoms with Crippen molar-refractivity contribution in [3.8, 4) is 17.2 Å². The summed E-state index contributed by atoms with van der Waals surface area (Å²) in [6.45, 7) is 0. The third-order valence-corrected chi connectivity index (χ3v) is 4.73. The fourth-order valence-corrected chi connectivity index (χ4v) is 3.42. The van der Waals surface area contributed by atoms with E-state index in [9.17, 15) is 0 Å². The molecular weight excluding hydrogens is 351 g/mol. The lowest BCUT2D eigenvalue weighted by atomic mass is 10.1. The van der Waals surface area contributed by atoms with Crippen LogP contribution >= 0.6 is 24.5 Å². The Morgan fingerprint density at radius 3 is 1.95 bits per heavy atom. The summed E-state index contributed by atoms with van der Waals surface area (Å²) in [5.74, 6) is 2.19. The number of rotatable bonds is 2. The van der Waals surface area contributed by atoms with Crippen LogP contribution in [0.15, 0.2) is 65.1 Å². The summed E-state index contributed by atoms with van der Waals surface area (Å²) in [5, 5.41) is 2.25. The molecule has 0 amide bonds. The molecule has 0 N–H and O–H groups in total. The van der Waals surface area contributed by atoms with Gasteiger partial charge in [0, 0.05) is 4.47 Å². The minimum Gasteiger partial charge on any atom is -0.409 e. The highest BCUT2D eigenvalue weighted by molar-refractivity contribution is 9.10. The first-order chi connectivity index (χ1) is 10.3. The second-order valence-corrected chi connectivity index (χ2v) is 6.51. The van der Waals surface area contributed by atoms with Crippen LogP contribution in [0.5, 0.6) is 17.2 Å². The van der Waals surface area contributed by atoms with Crippen LogP contribution in [0.1, 0.15) is 0 Å². The molecule has 3 aromatic carbocycles. The molecule has 104 valence electrons. The lowest BCUT2D eigenvalue weighted by Gasteiger charge is -2.08. The third-order valence-electron chi connectivity index (χ3n) is 3.15. The van der Waals surface area contributed by atoms with Gasteiger partial charge < -0.3 is 13.6 Å². The Morgan fingerprint density at radius 1 is 0.810 bits per heavy atom. The molecule has 0 saturated heterocycles. The molecule has 1 heterocycles. The van der Waals surface area contributed by atoms with E-state index in [1.165, 1.54) is 0 Å². The average Bonchev–Trinajstić information content (AvgIpc) is 2.88. The largest absolute Gasteiger partial charge is 0.530 e. The Balaban J connectivity index is 1.58. The van der Waals surface area contributed by atoms with E-state index in [1.807, 2.05) is 48.5 Å². The molecule has 0 unspecified atom stereocenters. The summed E-state index contributed by atoms with van der Waals surface area (Å²) in [7, 11) is -1.44. The fourth-order valence-electron chi connectivity index (χ4n) is 2.14. The van der Waals surface area contributed by atoms with Crippen molar-refractivity contribution in [2.45, 2.75) is 0 Å². The standard InChI is InChI=1S/C16H10BrO3P/c17-13-5-7-14(8-6-13)18-21-19-15-9-11-3-1-2-4-12(11)10-16(15)20-21/h1-10H. The maximum Gasteiger partial charge on any atom is 0.530 e. The molecule has 21 heavy (non-hydrogen) atoms. The molecule has 0 aromatic heterocycles. The second-order valence-electron chi connectivity index (χ2n) is 4.60. The highest BCUT2D eigenvalue weighted by Gasteiger charge is 2.30. The van der Waals surface area contributed by atoms with Gasteiger partial charge in [0.1, 0.15) is 5.75 Å². The fraction of sp³-hybridized carbons (Fsp3) is 0. The van der Waals surface area contributed by atoms with Crippen molar-refractivity contribution >= 4 is 35.3 Å². The molecule has 0 saturated carbocycles. The molecule has 0 atom stereocenters. The lowest BCUT2D eigenvalue weighted by molar-refractivity contribution is 0.435. The van der Waals surface area contributed by atoms with Crippen LogP contribution in [0, 0.1) is 0 Å². The van der Waals surface area contributed by atoms with Crippen LogP contribution in [0.4, 0.5) is 0 Å². The Bertz CT molecular complexity index is 760. The van der Waals surface area contributed by atoms with Gasteiger partial charge in [-0.05, 0) is 47.2 Å². The van der Waals surface area contributed by atoms with Gasteiger partial charge in [-0.1, -0.05) is 40.2 Å². The smallest absolute Gasteiger partial charge is 0.409 e. The highest BCUT2D eigenvalue weighted by Crippen LogP contribution is 2.53. The molecule has 0 aliphatic carbocycles. The first-order valence-electron chi connectivity index (χ1n) is 6.40. The molecular formula is C16H10BrO3P. The number of hydrogen-bond acceptors (Lipinski definition) is 3. The maximum atomic E-state index is 5.76. The van der Waals surface area contributed by atoms with Crippen LogP contribution < -0.4 is 13.6 Å². The summed E-state index contributed by atoms with van der Waals surface area (Å²) in [5.41, 5.74) is 0. The van der Waals surface area contributed by atoms with E-state index < -0.39 is 8.60 Å². The van der Waals surface area contributed by atoms with E-state index >= 15 is 0 Å². The van der Waals surface area contributed by atoms with Crippen LogP contribution in [0.3, 0.4) is 0 Å². The second kappa shape index (κ2) is 5.21. The summed E-state index contributed by atoms with van der Waals surface area (Å²) >= 11 is 3.39. The van der Waals surface area contributed by atoms with Crippen molar-refractivity contribution < 1.29 is 13.6 Å². The summed E-state index contributed by atoms with van der Waals surface area (Å²) in [6.07, 6.45) is 0. The van der Waals surface area contributed by atoms with Gasteiger partial charge in [0.25, 0.3) is 0 Å². The molecule has 0 bridgehead atoms. The Labute approximate surface area is 131 Å². The number of benzene rings is 3. The van der Waals surface area contributed by atoms with Gasteiger partial charge >= 0.3 is 8.60 Å². The Hall–Kier alpha value is -1.77. The molecule has 0 radical (unpaired) electrons. The predicted octanol–water partition coefficient (Wildman–Crippen LogP) is 5.68. The number of hydrogen-bond donors (Lipinski definition) is 0. The SMILES string of the molecule is Brc1ccc(OP2Oc3cc4ccccc4cc3O2)cc1. The lowest BCUT2D eigenvalue weighted by Crippen LogP contribution is -1.94. The summed E-state index contributed by atoms with van der Waals surface area (Å²) in [4.78, 5) is 0. The van der Waals surface area contributed by atoms with Crippen molar-refractivity contribution in [1.29, 1.82) is 0 Å². The maximum absolute atomic E-state index is 5.76. The Kier molecular flexibility index (Phi) is 3.21. The molecule has 0 spiro atoms. The van der Waals surface area contributed by atoms with E-state index in [2.05, 4.69) is 28.1 Å². The quantitative estimate of drug-likeness (QED) is 0.550. The normalized spacial score (nSPS) is 13.6. The van der Waals surface area contributed by atoms with E-state index in [0.29, 0.717) is 0 Å². The van der Waals surface area contributed by atoms with Gasteiger partial charge in [0.05, 0.1) is 0 Å². The predicted molar refractivity (Wildman–Crippen MR) is 86.9 cm³/mol. The van der Waals surface area contributed by atoms with E-state index in [0.717, 1.165) is 32.5 Å². The van der Waals surface area contributed by atoms with Gasteiger partial charge in [-0.3, -0.25) is 0 Å². The molecule has 3 nitrogen and oxygen atoms in total. The van der Waals surface area contributed by atoms with Crippen molar-refractivity contribution in [2.75, 3.05) is 0 Å². The summed E-state index contributed by atoms with van der Waals surface area (Å²) in [6, 6.07) is 19.7. The van der Waals surface area contributed by atoms with Gasteiger partial charge in [0.15, 0.2) is 11.5 Å². The number of fused-ring (bicyclic) bond motifs is 2. The molecule has 1 aliphatic rings. The van der Waals surface area contributed by atoms with Gasteiger partial charge in [-0.15, -0.1) is 0 Å². The molecule has 4 rings (SSSR count). The van der Waals surface area contributed by atoms with Gasteiger partial charge in [-0.25, -0.2) is 0 Å². The van der Waals surface area contributed by atoms with Crippen molar-refractivity contribution in [3.05, 3.63) is 65.1 Å². The first kappa shape index (κ1) is 12.9. The third kappa shape index (κ3) is 2.57. The van der Waals surface area contributed by atoms with Gasteiger partial charge in [0.2, 0.25) is 0 Å². The molecule has 0 fully saturated rings. The topological polar surface area (TPSA) is 27.7 Å². The Morgan fingerprint density at radius 2 is 1.38 bits per heavy atom. The van der Waals surface area contributed by atoms with E-state index in [-0.39, 0.29) is 0 Å². The van der Waals surface area contributed by atoms with Crippen LogP contribution in [0.2, 0.25) is 0 Å². The summed E-state index contributed by atoms with van der Waals surface area (Å²) < 4.78 is 18.3. The van der Waals surface area contributed by atoms with E-state index in [4.69, 9.17) is 13.6 Å². The van der Waals surface area contributed by atoms with Gasteiger partial charge in [-0.2, -0.15) is 0 Å². The van der Waals surface area contributed by atoms with Crippen molar-refractivity contribution in [2.24, 2.45) is 0 Å². The minimum atomic E-state index is -1.44. The first-order valence-corrected chi connectivity index (χ1v) is 8.29. The van der Waals surface area contributed by atoms with E-state index in [1.54, 1.807) is 0 Å². The van der Waals surface area contributed by atoms with Crippen molar-refractivity contribution in [3.63, 3.8) is 0 Å². The minimum absolute atomic E-state index is 0.724. The monoisotopic (exact) mass is 360 g/mol. The molecule has 1 aliphatic heterocycles. The highest BCUT2D eigenvalue weighted by atomic mass is 79.9. The zero-order chi connectivity index (χ0) is 14.2. The molecule has 3 aromatic rings. The molecule has 5 heteroatoms. The van der Waals surface area contributed by atoms with Crippen molar-refractivity contribution in [1.82, 2.24) is 0 Å². The number of halogens is 1. The van der Waals surface area contributed by atoms with Crippen LogP contribution in [0.25, 0.3) is 10.8 Å².